The number of carbonyl (C=O) groups excluding carboxylic acids is 3. The summed E-state index contributed by atoms with van der Waals surface area (Å²) in [6, 6.07) is 34.3. The average molecular weight is 927 g/mol. The molecule has 5 aromatic rings. The van der Waals surface area contributed by atoms with Crippen LogP contribution in [0.15, 0.2) is 121 Å². The van der Waals surface area contributed by atoms with E-state index in [9.17, 15) is 19.2 Å². The Balaban J connectivity index is 0.944. The Hall–Kier alpha value is -6.42. The molecule has 0 atom stereocenters. The topological polar surface area (TPSA) is 135 Å². The van der Waals surface area contributed by atoms with Gasteiger partial charge in [0, 0.05) is 6.42 Å². The molecule has 0 amide bonds. The molecule has 0 aromatic heterocycles. The zero-order chi connectivity index (χ0) is 48.0. The van der Waals surface area contributed by atoms with Crippen LogP contribution < -0.4 is 23.7 Å². The zero-order valence-electron chi connectivity index (χ0n) is 39.9. The van der Waals surface area contributed by atoms with Gasteiger partial charge in [-0.1, -0.05) is 140 Å². The van der Waals surface area contributed by atoms with Crippen LogP contribution in [-0.2, 0) is 4.79 Å². The van der Waals surface area contributed by atoms with E-state index in [1.165, 1.54) is 64.2 Å². The third-order valence-electron chi connectivity index (χ3n) is 11.8. The number of rotatable bonds is 33. The number of carboxylic acids is 1. The number of esters is 3. The van der Waals surface area contributed by atoms with E-state index in [0.29, 0.717) is 52.9 Å². The standard InChI is InChI=1S/C58H70O10/c1-2-3-4-5-6-7-8-9-11-14-17-20-43-64-51-35-29-48(30-36-51)57(62)68-54-41-31-49(32-42-54)58(63)67-53-39-25-46(26-40-53)45-23-37-52(38-24-45)66-56(61)47-27-33-50(34-28-47)65-44-21-18-15-12-10-13-16-19-22-55(59)60/h23-42H,2-22,43-44H2,1H3,(H,59,60). The van der Waals surface area contributed by atoms with Gasteiger partial charge in [-0.3, -0.25) is 4.79 Å². The molecule has 0 aliphatic carbocycles. The Morgan fingerprint density at radius 3 is 0.912 bits per heavy atom. The Labute approximate surface area is 403 Å². The Morgan fingerprint density at radius 1 is 0.338 bits per heavy atom. The second kappa shape index (κ2) is 30.8. The summed E-state index contributed by atoms with van der Waals surface area (Å²) in [6.07, 6.45) is 24.0. The van der Waals surface area contributed by atoms with E-state index in [1.807, 2.05) is 24.3 Å². The van der Waals surface area contributed by atoms with Crippen molar-refractivity contribution in [1.82, 2.24) is 0 Å². The first kappa shape index (κ1) is 52.5. The number of carbonyl (C=O) groups is 4. The Morgan fingerprint density at radius 2 is 0.603 bits per heavy atom. The Kier molecular flexibility index (Phi) is 23.8. The molecule has 5 aromatic carbocycles. The summed E-state index contributed by atoms with van der Waals surface area (Å²) < 4.78 is 28.5. The highest BCUT2D eigenvalue weighted by atomic mass is 16.5. The largest absolute Gasteiger partial charge is 0.494 e. The lowest BCUT2D eigenvalue weighted by molar-refractivity contribution is -0.137. The second-order valence-corrected chi connectivity index (χ2v) is 17.3. The van der Waals surface area contributed by atoms with Gasteiger partial charge < -0.3 is 28.8 Å². The predicted octanol–water partition coefficient (Wildman–Crippen LogP) is 15.1. The highest BCUT2D eigenvalue weighted by molar-refractivity contribution is 5.93. The molecule has 68 heavy (non-hydrogen) atoms. The van der Waals surface area contributed by atoms with E-state index < -0.39 is 23.9 Å². The van der Waals surface area contributed by atoms with E-state index in [1.54, 1.807) is 97.1 Å². The van der Waals surface area contributed by atoms with Gasteiger partial charge in [0.05, 0.1) is 29.9 Å². The maximum absolute atomic E-state index is 12.9. The molecule has 0 bridgehead atoms. The summed E-state index contributed by atoms with van der Waals surface area (Å²) in [5, 5.41) is 8.70. The fourth-order valence-corrected chi connectivity index (χ4v) is 7.72. The van der Waals surface area contributed by atoms with Gasteiger partial charge in [-0.15, -0.1) is 0 Å². The van der Waals surface area contributed by atoms with Crippen molar-refractivity contribution < 1.29 is 48.0 Å². The van der Waals surface area contributed by atoms with Crippen molar-refractivity contribution in [3.63, 3.8) is 0 Å². The molecule has 0 saturated carbocycles. The molecule has 0 fully saturated rings. The molecule has 0 saturated heterocycles. The number of benzene rings is 5. The quantitative estimate of drug-likeness (QED) is 0.0246. The molecule has 0 aliphatic rings. The van der Waals surface area contributed by atoms with Crippen LogP contribution in [0.3, 0.4) is 0 Å². The van der Waals surface area contributed by atoms with Crippen molar-refractivity contribution in [2.24, 2.45) is 0 Å². The fraction of sp³-hybridized carbons (Fsp3) is 0.414. The monoisotopic (exact) mass is 926 g/mol. The molecule has 10 nitrogen and oxygen atoms in total. The third kappa shape index (κ3) is 20.2. The van der Waals surface area contributed by atoms with Crippen molar-refractivity contribution >= 4 is 23.9 Å². The SMILES string of the molecule is CCCCCCCCCCCCCCOc1ccc(C(=O)Oc2ccc(C(=O)Oc3ccc(-c4ccc(OC(=O)c5ccc(OCCCCCCCCCCC(=O)O)cc5)cc4)cc3)cc2)cc1. The van der Waals surface area contributed by atoms with E-state index >= 15 is 0 Å². The fourth-order valence-electron chi connectivity index (χ4n) is 7.72. The number of carboxylic acid groups (broad SMARTS) is 1. The first-order valence-electron chi connectivity index (χ1n) is 24.9. The average Bonchev–Trinajstić information content (AvgIpc) is 3.35. The molecular formula is C58H70O10. The molecule has 0 radical (unpaired) electrons. The van der Waals surface area contributed by atoms with Gasteiger partial charge in [0.2, 0.25) is 0 Å². The summed E-state index contributed by atoms with van der Waals surface area (Å²) in [5.41, 5.74) is 2.88. The summed E-state index contributed by atoms with van der Waals surface area (Å²) >= 11 is 0. The highest BCUT2D eigenvalue weighted by Crippen LogP contribution is 2.27. The molecule has 0 spiro atoms. The maximum atomic E-state index is 12.9. The summed E-state index contributed by atoms with van der Waals surface area (Å²) in [5.74, 6) is 0.245. The van der Waals surface area contributed by atoms with Gasteiger partial charge in [-0.2, -0.15) is 0 Å². The van der Waals surface area contributed by atoms with E-state index in [4.69, 9.17) is 28.8 Å². The van der Waals surface area contributed by atoms with E-state index in [-0.39, 0.29) is 6.42 Å². The smallest absolute Gasteiger partial charge is 0.343 e. The number of unbranched alkanes of at least 4 members (excludes halogenated alkanes) is 18. The van der Waals surface area contributed by atoms with Crippen molar-refractivity contribution in [2.75, 3.05) is 13.2 Å². The van der Waals surface area contributed by atoms with Crippen LogP contribution in [0.25, 0.3) is 11.1 Å². The van der Waals surface area contributed by atoms with Gasteiger partial charge in [-0.25, -0.2) is 14.4 Å². The molecular weight excluding hydrogens is 857 g/mol. The molecule has 0 heterocycles. The van der Waals surface area contributed by atoms with E-state index in [0.717, 1.165) is 81.1 Å². The first-order valence-corrected chi connectivity index (χ1v) is 24.9. The van der Waals surface area contributed by atoms with Gasteiger partial charge in [0.25, 0.3) is 0 Å². The maximum Gasteiger partial charge on any atom is 0.343 e. The minimum atomic E-state index is -0.721. The molecule has 362 valence electrons. The third-order valence-corrected chi connectivity index (χ3v) is 11.8. The van der Waals surface area contributed by atoms with Crippen LogP contribution in [0.1, 0.15) is 173 Å². The second-order valence-electron chi connectivity index (χ2n) is 17.3. The first-order chi connectivity index (χ1) is 33.3. The molecule has 0 unspecified atom stereocenters. The molecule has 1 N–H and O–H groups in total. The molecule has 0 aliphatic heterocycles. The van der Waals surface area contributed by atoms with Crippen LogP contribution in [0.5, 0.6) is 28.7 Å². The predicted molar refractivity (Wildman–Crippen MR) is 267 cm³/mol. The van der Waals surface area contributed by atoms with Gasteiger partial charge >= 0.3 is 23.9 Å². The van der Waals surface area contributed by atoms with Crippen LogP contribution in [0.2, 0.25) is 0 Å². The van der Waals surface area contributed by atoms with Crippen molar-refractivity contribution in [2.45, 2.75) is 142 Å². The summed E-state index contributed by atoms with van der Waals surface area (Å²) in [6.45, 7) is 3.51. The molecule has 10 heteroatoms. The summed E-state index contributed by atoms with van der Waals surface area (Å²) in [7, 11) is 0. The van der Waals surface area contributed by atoms with Crippen LogP contribution >= 0.6 is 0 Å². The molecule has 5 rings (SSSR count). The Bertz CT molecular complexity index is 2210. The highest BCUT2D eigenvalue weighted by Gasteiger charge is 2.14. The minimum Gasteiger partial charge on any atom is -0.494 e. The van der Waals surface area contributed by atoms with Gasteiger partial charge in [0.1, 0.15) is 28.7 Å². The van der Waals surface area contributed by atoms with Crippen LogP contribution in [0, 0.1) is 0 Å². The van der Waals surface area contributed by atoms with Crippen LogP contribution in [0.4, 0.5) is 0 Å². The van der Waals surface area contributed by atoms with Gasteiger partial charge in [-0.05, 0) is 127 Å². The summed E-state index contributed by atoms with van der Waals surface area (Å²) in [4.78, 5) is 49.2. The number of aliphatic carboxylic acids is 1. The lowest BCUT2D eigenvalue weighted by Crippen LogP contribution is -2.10. The number of ether oxygens (including phenoxy) is 5. The number of hydrogen-bond acceptors (Lipinski definition) is 9. The lowest BCUT2D eigenvalue weighted by atomic mass is 10.1. The van der Waals surface area contributed by atoms with Crippen LogP contribution in [-0.4, -0.2) is 42.2 Å². The normalized spacial score (nSPS) is 10.9. The number of hydrogen-bond donors (Lipinski definition) is 1. The van der Waals surface area contributed by atoms with Crippen molar-refractivity contribution in [3.8, 4) is 39.9 Å². The van der Waals surface area contributed by atoms with E-state index in [2.05, 4.69) is 6.92 Å². The van der Waals surface area contributed by atoms with Crippen molar-refractivity contribution in [1.29, 1.82) is 0 Å². The zero-order valence-corrected chi connectivity index (χ0v) is 39.9. The van der Waals surface area contributed by atoms with Gasteiger partial charge in [0.15, 0.2) is 0 Å². The lowest BCUT2D eigenvalue weighted by Gasteiger charge is -2.09. The van der Waals surface area contributed by atoms with Crippen molar-refractivity contribution in [3.05, 3.63) is 138 Å². The minimum absolute atomic E-state index is 0.258.